The normalized spacial score (nSPS) is 11.8. The maximum Gasteiger partial charge on any atom is 0.381 e. The first-order chi connectivity index (χ1) is 33.0. The summed E-state index contributed by atoms with van der Waals surface area (Å²) in [5.41, 5.74) is 11.6. The predicted octanol–water partition coefficient (Wildman–Crippen LogP) is 16.1. The molecule has 10 rings (SSSR count). The molecule has 0 atom stereocenters. The monoisotopic (exact) mass is 1130 g/mol. The van der Waals surface area contributed by atoms with Crippen molar-refractivity contribution in [1.29, 1.82) is 5.26 Å². The van der Waals surface area contributed by atoms with Crippen molar-refractivity contribution in [2.24, 2.45) is 0 Å². The van der Waals surface area contributed by atoms with Gasteiger partial charge in [0.2, 0.25) is 0 Å². The smallest absolute Gasteiger partial charge is 0.381 e. The van der Waals surface area contributed by atoms with E-state index in [1.54, 1.807) is 6.07 Å². The maximum absolute atomic E-state index is 15.4. The van der Waals surface area contributed by atoms with Crippen molar-refractivity contribution in [2.45, 2.75) is 65.3 Å². The molecular weight excluding hydrogens is 1080 g/mol. The van der Waals surface area contributed by atoms with Crippen LogP contribution < -0.4 is 5.19 Å². The Bertz CT molecular complexity index is 3450. The number of benzene rings is 7. The molecule has 0 unspecified atom stereocenters. The van der Waals surface area contributed by atoms with Crippen LogP contribution in [0.25, 0.3) is 83.6 Å². The quantitative estimate of drug-likeness (QED) is 0.0864. The van der Waals surface area contributed by atoms with E-state index in [9.17, 15) is 18.4 Å². The van der Waals surface area contributed by atoms with Crippen LogP contribution in [0, 0.1) is 29.3 Å². The molecule has 1 radical (unpaired) electrons. The Morgan fingerprint density at radius 1 is 0.700 bits per heavy atom. The van der Waals surface area contributed by atoms with Crippen molar-refractivity contribution in [2.75, 3.05) is 0 Å². The van der Waals surface area contributed by atoms with Crippen LogP contribution >= 0.6 is 0 Å². The van der Waals surface area contributed by atoms with E-state index in [1.807, 2.05) is 60.8 Å². The summed E-state index contributed by atoms with van der Waals surface area (Å²) in [6.45, 7) is 15.6. The molecule has 0 aliphatic carbocycles. The van der Waals surface area contributed by atoms with Crippen molar-refractivity contribution in [3.8, 4) is 56.7 Å². The van der Waals surface area contributed by atoms with Gasteiger partial charge >= 0.3 is 6.18 Å². The minimum absolute atomic E-state index is 0. The van der Waals surface area contributed by atoms with Gasteiger partial charge in [0.25, 0.3) is 0 Å². The van der Waals surface area contributed by atoms with Gasteiger partial charge in [-0.1, -0.05) is 143 Å². The van der Waals surface area contributed by atoms with Gasteiger partial charge in [-0.3, -0.25) is 4.98 Å². The van der Waals surface area contributed by atoms with Crippen LogP contribution in [0.5, 0.6) is 0 Å². The van der Waals surface area contributed by atoms with Crippen LogP contribution in [0.15, 0.2) is 156 Å². The number of nitriles is 1. The number of aromatic nitrogens is 3. The largest absolute Gasteiger partial charge is 0.497 e. The fraction of sp³-hybridized carbons (Fsp3) is 0.169. The van der Waals surface area contributed by atoms with Gasteiger partial charge in [0.15, 0.2) is 11.4 Å². The number of alkyl halides is 3. The molecule has 0 fully saturated rings. The average Bonchev–Trinajstić information content (AvgIpc) is 3.93. The van der Waals surface area contributed by atoms with Gasteiger partial charge in [0, 0.05) is 37.4 Å². The molecule has 3 aromatic heterocycles. The number of pyridine rings is 1. The first-order valence-electron chi connectivity index (χ1n) is 22.8. The van der Waals surface area contributed by atoms with E-state index in [-0.39, 0.29) is 43.1 Å². The number of hydrogen-bond acceptors (Lipinski definition) is 4. The van der Waals surface area contributed by atoms with Gasteiger partial charge in [0.1, 0.15) is 6.07 Å². The number of hydrogen-bond donors (Lipinski definition) is 0. The van der Waals surface area contributed by atoms with Gasteiger partial charge in [-0.15, -0.1) is 48.0 Å². The Morgan fingerprint density at radius 2 is 1.33 bits per heavy atom. The minimum Gasteiger partial charge on any atom is -0.497 e. The molecule has 0 spiro atoms. The zero-order valence-corrected chi connectivity index (χ0v) is 43.0. The molecule has 0 amide bonds. The van der Waals surface area contributed by atoms with Crippen molar-refractivity contribution in [3.63, 3.8) is 0 Å². The fourth-order valence-electron chi connectivity index (χ4n) is 8.67. The number of imidazole rings is 1. The molecule has 0 bridgehead atoms. The Balaban J connectivity index is 0.000000264. The van der Waals surface area contributed by atoms with Crippen LogP contribution in [-0.2, 0) is 26.3 Å². The standard InChI is InChI=1S/C44H33FN3O.C15H15F3NSi.Ir/c1-26(2)36-23-32(30-19-17-29(18-20-30)28-11-6-5-7-12-28)24-37(27(3)4)41(36)48-39-16-9-8-15-38(39)47-44(48)35-14-10-13-33-34-22-21-31(25-46)40(45)43(34)49-42(33)35;1-20(2,3)13-8-9-14(19-10-13)11-4-6-12(7-5-11)15(16,17)18;/h5-13,15-24,26-27H,1-4H3;4,6-10H,1-3H3;/q2*-1;. The van der Waals surface area contributed by atoms with Crippen LogP contribution in [0.3, 0.4) is 0 Å². The van der Waals surface area contributed by atoms with Crippen molar-refractivity contribution in [3.05, 3.63) is 192 Å². The van der Waals surface area contributed by atoms with Crippen LogP contribution in [0.2, 0.25) is 19.6 Å². The fourth-order valence-corrected chi connectivity index (χ4v) is 9.71. The Morgan fingerprint density at radius 3 is 1.91 bits per heavy atom. The Kier molecular flexibility index (Phi) is 14.0. The molecular formula is C59H48F4IrN4OSi-2. The number of furan rings is 1. The van der Waals surface area contributed by atoms with Crippen molar-refractivity contribution >= 4 is 46.2 Å². The third-order valence-corrected chi connectivity index (χ3v) is 14.5. The average molecular weight is 1130 g/mol. The molecule has 0 aliphatic rings. The summed E-state index contributed by atoms with van der Waals surface area (Å²) >= 11 is 0. The summed E-state index contributed by atoms with van der Waals surface area (Å²) in [4.78, 5) is 9.51. The number of halogens is 4. The SMILES string of the molecule is CC(C)c1cc(-c2ccc(-c3ccccc3)cc2)cc(C(C)C)c1-n1c(-c2[c-]ccc3c2oc2c(F)c(C#N)ccc23)nc2ccccc21.C[Si](C)(C)c1ccc(-c2[c-]cc(C(F)(F)F)cc2)nc1.[Ir]. The first kappa shape index (κ1) is 49.5. The third kappa shape index (κ3) is 9.64. The number of fused-ring (bicyclic) bond motifs is 4. The molecule has 3 heterocycles. The molecule has 0 saturated carbocycles. The van der Waals surface area contributed by atoms with E-state index in [2.05, 4.69) is 136 Å². The van der Waals surface area contributed by atoms with E-state index in [0.29, 0.717) is 33.6 Å². The summed E-state index contributed by atoms with van der Waals surface area (Å²) in [6.07, 6.45) is -2.52. The van der Waals surface area contributed by atoms with Crippen molar-refractivity contribution < 1.29 is 42.1 Å². The summed E-state index contributed by atoms with van der Waals surface area (Å²) in [7, 11) is -1.41. The Labute approximate surface area is 419 Å². The molecule has 0 aliphatic heterocycles. The van der Waals surface area contributed by atoms with Crippen LogP contribution in [-0.4, -0.2) is 22.6 Å². The summed E-state index contributed by atoms with van der Waals surface area (Å²) in [5.74, 6) is 0.381. The Hall–Kier alpha value is -6.96. The van der Waals surface area contributed by atoms with Gasteiger partial charge < -0.3 is 14.0 Å². The number of para-hydroxylation sites is 2. The van der Waals surface area contributed by atoms with Gasteiger partial charge in [-0.25, -0.2) is 4.39 Å². The molecule has 0 N–H and O–H groups in total. The van der Waals surface area contributed by atoms with Crippen LogP contribution in [0.4, 0.5) is 17.6 Å². The minimum atomic E-state index is -4.33. The molecule has 11 heteroatoms. The number of nitrogens with zero attached hydrogens (tertiary/aromatic N) is 4. The number of rotatable bonds is 8. The second kappa shape index (κ2) is 19.8. The summed E-state index contributed by atoms with van der Waals surface area (Å²) in [5, 5.41) is 12.0. The zero-order valence-electron chi connectivity index (χ0n) is 39.6. The van der Waals surface area contributed by atoms with E-state index in [1.165, 1.54) is 39.6 Å². The molecule has 353 valence electrons. The van der Waals surface area contributed by atoms with E-state index >= 15 is 4.39 Å². The van der Waals surface area contributed by atoms with Gasteiger partial charge in [-0.2, -0.15) is 18.4 Å². The van der Waals surface area contributed by atoms with E-state index < -0.39 is 25.6 Å². The molecule has 70 heavy (non-hydrogen) atoms. The predicted molar refractivity (Wildman–Crippen MR) is 273 cm³/mol. The van der Waals surface area contributed by atoms with E-state index in [4.69, 9.17) is 9.40 Å². The first-order valence-corrected chi connectivity index (χ1v) is 26.3. The van der Waals surface area contributed by atoms with Gasteiger partial charge in [0.05, 0.1) is 36.1 Å². The second-order valence-corrected chi connectivity index (χ2v) is 23.9. The van der Waals surface area contributed by atoms with Crippen molar-refractivity contribution in [1.82, 2.24) is 14.5 Å². The zero-order chi connectivity index (χ0) is 48.8. The third-order valence-electron chi connectivity index (χ3n) is 12.5. The topological polar surface area (TPSA) is 67.6 Å². The maximum atomic E-state index is 15.4. The summed E-state index contributed by atoms with van der Waals surface area (Å²) in [6, 6.07) is 54.2. The van der Waals surface area contributed by atoms with Gasteiger partial charge in [-0.05, 0) is 92.0 Å². The molecule has 7 aromatic carbocycles. The molecule has 0 saturated heterocycles. The molecule has 5 nitrogen and oxygen atoms in total. The summed E-state index contributed by atoms with van der Waals surface area (Å²) < 4.78 is 61.3. The van der Waals surface area contributed by atoms with E-state index in [0.717, 1.165) is 45.4 Å². The van der Waals surface area contributed by atoms with Crippen LogP contribution in [0.1, 0.15) is 61.8 Å². The second-order valence-electron chi connectivity index (χ2n) is 18.8. The molecule has 10 aromatic rings.